The summed E-state index contributed by atoms with van der Waals surface area (Å²) in [5.74, 6) is -0.235. The molecule has 0 bridgehead atoms. The highest BCUT2D eigenvalue weighted by Gasteiger charge is 2.51. The lowest BCUT2D eigenvalue weighted by Crippen LogP contribution is -2.41. The van der Waals surface area contributed by atoms with Gasteiger partial charge in [0.1, 0.15) is 5.82 Å². The van der Waals surface area contributed by atoms with Gasteiger partial charge in [0, 0.05) is 22.7 Å². The second-order valence-corrected chi connectivity index (χ2v) is 7.60. The summed E-state index contributed by atoms with van der Waals surface area (Å²) in [5.41, 5.74) is 3.27. The molecule has 128 valence electrons. The van der Waals surface area contributed by atoms with Gasteiger partial charge in [-0.1, -0.05) is 24.3 Å². The van der Waals surface area contributed by atoms with Crippen LogP contribution >= 0.6 is 0 Å². The van der Waals surface area contributed by atoms with Gasteiger partial charge in [-0.3, -0.25) is 0 Å². The molecule has 25 heavy (non-hydrogen) atoms. The number of aromatic amines is 1. The lowest BCUT2D eigenvalue weighted by Gasteiger charge is -2.32. The van der Waals surface area contributed by atoms with Crippen LogP contribution in [-0.4, -0.2) is 23.3 Å². The maximum atomic E-state index is 13.2. The molecule has 5 heteroatoms. The Morgan fingerprint density at radius 3 is 2.20 bits per heavy atom. The third-order valence-electron chi connectivity index (χ3n) is 5.39. The van der Waals surface area contributed by atoms with E-state index in [1.54, 1.807) is 12.1 Å². The molecular weight excluding hydrogens is 316 g/mol. The van der Waals surface area contributed by atoms with Gasteiger partial charge in [-0.15, -0.1) is 0 Å². The first-order valence-electron chi connectivity index (χ1n) is 8.49. The van der Waals surface area contributed by atoms with Crippen molar-refractivity contribution in [2.45, 2.75) is 38.9 Å². The van der Waals surface area contributed by atoms with E-state index in [2.05, 4.69) is 11.1 Å². The highest BCUT2D eigenvalue weighted by Crippen LogP contribution is 2.37. The van der Waals surface area contributed by atoms with Crippen molar-refractivity contribution in [2.75, 3.05) is 0 Å². The maximum Gasteiger partial charge on any atom is 0.494 e. The fourth-order valence-electron chi connectivity index (χ4n) is 3.13. The average Bonchev–Trinajstić information content (AvgIpc) is 3.06. The first-order chi connectivity index (χ1) is 11.8. The lowest BCUT2D eigenvalue weighted by atomic mass is 9.78. The van der Waals surface area contributed by atoms with Crippen LogP contribution in [0.25, 0.3) is 22.0 Å². The highest BCUT2D eigenvalue weighted by molar-refractivity contribution is 6.62. The van der Waals surface area contributed by atoms with Crippen molar-refractivity contribution in [1.29, 1.82) is 0 Å². The summed E-state index contributed by atoms with van der Waals surface area (Å²) in [6.07, 6.45) is 1.95. The molecule has 0 radical (unpaired) electrons. The van der Waals surface area contributed by atoms with E-state index < -0.39 is 7.12 Å². The van der Waals surface area contributed by atoms with E-state index in [0.29, 0.717) is 0 Å². The van der Waals surface area contributed by atoms with E-state index in [1.165, 1.54) is 12.1 Å². The molecular formula is C20H21BFNO2. The van der Waals surface area contributed by atoms with E-state index in [-0.39, 0.29) is 17.0 Å². The Labute approximate surface area is 147 Å². The minimum absolute atomic E-state index is 0.235. The summed E-state index contributed by atoms with van der Waals surface area (Å²) in [6, 6.07) is 12.7. The van der Waals surface area contributed by atoms with Gasteiger partial charge in [0.2, 0.25) is 0 Å². The Morgan fingerprint density at radius 2 is 1.56 bits per heavy atom. The van der Waals surface area contributed by atoms with E-state index in [0.717, 1.165) is 27.5 Å². The molecule has 1 saturated heterocycles. The van der Waals surface area contributed by atoms with Crippen LogP contribution in [0.1, 0.15) is 27.7 Å². The second-order valence-electron chi connectivity index (χ2n) is 7.60. The number of fused-ring (bicyclic) bond motifs is 1. The molecule has 0 saturated carbocycles. The quantitative estimate of drug-likeness (QED) is 0.709. The van der Waals surface area contributed by atoms with Crippen molar-refractivity contribution in [2.24, 2.45) is 0 Å². The normalized spacial score (nSPS) is 18.8. The Hall–Kier alpha value is -2.11. The van der Waals surface area contributed by atoms with Crippen LogP contribution in [0.15, 0.2) is 48.7 Å². The number of benzene rings is 2. The smallest absolute Gasteiger partial charge is 0.399 e. The summed E-state index contributed by atoms with van der Waals surface area (Å²) in [4.78, 5) is 3.28. The molecule has 2 heterocycles. The van der Waals surface area contributed by atoms with Gasteiger partial charge in [-0.25, -0.2) is 4.39 Å². The third kappa shape index (κ3) is 2.68. The molecule has 1 aromatic heterocycles. The number of nitrogens with one attached hydrogen (secondary N) is 1. The van der Waals surface area contributed by atoms with Crippen molar-refractivity contribution in [3.05, 3.63) is 54.5 Å². The van der Waals surface area contributed by atoms with Gasteiger partial charge >= 0.3 is 7.12 Å². The minimum Gasteiger partial charge on any atom is -0.399 e. The monoisotopic (exact) mass is 337 g/mol. The summed E-state index contributed by atoms with van der Waals surface area (Å²) in [6.45, 7) is 8.19. The highest BCUT2D eigenvalue weighted by atomic mass is 19.1. The maximum absolute atomic E-state index is 13.2. The van der Waals surface area contributed by atoms with Crippen LogP contribution in [0.2, 0.25) is 0 Å². The molecule has 0 atom stereocenters. The zero-order chi connectivity index (χ0) is 17.8. The van der Waals surface area contributed by atoms with Gasteiger partial charge in [0.15, 0.2) is 0 Å². The molecule has 1 N–H and O–H groups in total. The molecule has 4 rings (SSSR count). The van der Waals surface area contributed by atoms with E-state index in [4.69, 9.17) is 9.31 Å². The zero-order valence-corrected chi connectivity index (χ0v) is 14.9. The molecule has 1 aliphatic heterocycles. The van der Waals surface area contributed by atoms with Crippen LogP contribution in [0.3, 0.4) is 0 Å². The molecule has 3 nitrogen and oxygen atoms in total. The standard InChI is InChI=1S/C20H21BFNO2/c1-19(2)20(3,4)25-21(24-19)14-7-10-18-16(11-14)17(12-23-18)13-5-8-15(22)9-6-13/h5-12,23H,1-4H3. The number of hydrogen-bond acceptors (Lipinski definition) is 2. The topological polar surface area (TPSA) is 34.2 Å². The van der Waals surface area contributed by atoms with Crippen molar-refractivity contribution in [1.82, 2.24) is 4.98 Å². The van der Waals surface area contributed by atoms with E-state index >= 15 is 0 Å². The van der Waals surface area contributed by atoms with E-state index in [1.807, 2.05) is 46.0 Å². The zero-order valence-electron chi connectivity index (χ0n) is 14.9. The van der Waals surface area contributed by atoms with Crippen LogP contribution in [0, 0.1) is 5.82 Å². The summed E-state index contributed by atoms with van der Waals surface area (Å²) < 4.78 is 25.5. The van der Waals surface area contributed by atoms with Crippen LogP contribution in [0.4, 0.5) is 4.39 Å². The van der Waals surface area contributed by atoms with Gasteiger partial charge in [-0.05, 0) is 56.9 Å². The van der Waals surface area contributed by atoms with Crippen molar-refractivity contribution >= 4 is 23.5 Å². The predicted octanol–water partition coefficient (Wildman–Crippen LogP) is 4.27. The average molecular weight is 337 g/mol. The molecule has 2 aromatic carbocycles. The minimum atomic E-state index is -0.398. The number of H-pyrrole nitrogens is 1. The van der Waals surface area contributed by atoms with Crippen molar-refractivity contribution in [3.63, 3.8) is 0 Å². The number of aromatic nitrogens is 1. The largest absolute Gasteiger partial charge is 0.494 e. The Kier molecular flexibility index (Phi) is 3.57. The van der Waals surface area contributed by atoms with Gasteiger partial charge in [-0.2, -0.15) is 0 Å². The fourth-order valence-corrected chi connectivity index (χ4v) is 3.13. The van der Waals surface area contributed by atoms with Crippen LogP contribution in [-0.2, 0) is 9.31 Å². The third-order valence-corrected chi connectivity index (χ3v) is 5.39. The number of hydrogen-bond donors (Lipinski definition) is 1. The molecule has 1 fully saturated rings. The van der Waals surface area contributed by atoms with Gasteiger partial charge < -0.3 is 14.3 Å². The molecule has 3 aromatic rings. The Bertz CT molecular complexity index is 915. The number of rotatable bonds is 2. The fraction of sp³-hybridized carbons (Fsp3) is 0.300. The van der Waals surface area contributed by atoms with Crippen LogP contribution in [0.5, 0.6) is 0 Å². The second kappa shape index (κ2) is 5.45. The van der Waals surface area contributed by atoms with Crippen molar-refractivity contribution in [3.8, 4) is 11.1 Å². The Balaban J connectivity index is 1.76. The van der Waals surface area contributed by atoms with E-state index in [9.17, 15) is 4.39 Å². The summed E-state index contributed by atoms with van der Waals surface area (Å²) in [5, 5.41) is 1.07. The van der Waals surface area contributed by atoms with Gasteiger partial charge in [0.25, 0.3) is 0 Å². The SMILES string of the molecule is CC1(C)OB(c2ccc3[nH]cc(-c4ccc(F)cc4)c3c2)OC1(C)C. The molecule has 0 aliphatic carbocycles. The number of halogens is 1. The summed E-state index contributed by atoms with van der Waals surface area (Å²) in [7, 11) is -0.398. The molecule has 0 amide bonds. The first kappa shape index (κ1) is 16.4. The molecule has 1 aliphatic rings. The Morgan fingerprint density at radius 1 is 0.920 bits per heavy atom. The molecule has 0 unspecified atom stereocenters. The van der Waals surface area contributed by atoms with Crippen LogP contribution < -0.4 is 5.46 Å². The predicted molar refractivity (Wildman–Crippen MR) is 99.4 cm³/mol. The first-order valence-corrected chi connectivity index (χ1v) is 8.49. The lowest BCUT2D eigenvalue weighted by molar-refractivity contribution is 0.00578. The van der Waals surface area contributed by atoms with Gasteiger partial charge in [0.05, 0.1) is 11.2 Å². The summed E-state index contributed by atoms with van der Waals surface area (Å²) >= 11 is 0. The molecule has 0 spiro atoms. The van der Waals surface area contributed by atoms with Crippen molar-refractivity contribution < 1.29 is 13.7 Å².